The Labute approximate surface area is 95.1 Å². The molecule has 0 radical (unpaired) electrons. The van der Waals surface area contributed by atoms with E-state index in [4.69, 9.17) is 4.42 Å². The summed E-state index contributed by atoms with van der Waals surface area (Å²) >= 11 is 3.29. The maximum atomic E-state index is 9.97. The number of halogens is 1. The smallest absolute Gasteiger partial charge is 0.155 e. The van der Waals surface area contributed by atoms with E-state index in [1.807, 2.05) is 0 Å². The average molecular weight is 269 g/mol. The summed E-state index contributed by atoms with van der Waals surface area (Å²) in [6.45, 7) is 1.77. The predicted molar refractivity (Wildman–Crippen MR) is 57.2 cm³/mol. The highest BCUT2D eigenvalue weighted by molar-refractivity contribution is 9.10. The normalized spacial score (nSPS) is 12.7. The summed E-state index contributed by atoms with van der Waals surface area (Å²) in [5.74, 6) is 1.07. The molecule has 1 atom stereocenters. The van der Waals surface area contributed by atoms with Gasteiger partial charge in [0.25, 0.3) is 0 Å². The van der Waals surface area contributed by atoms with Gasteiger partial charge in [-0.1, -0.05) is 0 Å². The predicted octanol–water partition coefficient (Wildman–Crippen LogP) is 2.22. The molecule has 0 saturated carbocycles. The van der Waals surface area contributed by atoms with Crippen LogP contribution in [-0.2, 0) is 0 Å². The third-order valence-electron chi connectivity index (χ3n) is 1.97. The van der Waals surface area contributed by atoms with Crippen LogP contribution in [0.15, 0.2) is 33.5 Å². The Morgan fingerprint density at radius 2 is 2.27 bits per heavy atom. The highest BCUT2D eigenvalue weighted by Crippen LogP contribution is 2.28. The molecule has 78 valence electrons. The van der Waals surface area contributed by atoms with Crippen LogP contribution in [0.1, 0.15) is 23.4 Å². The van der Waals surface area contributed by atoms with Gasteiger partial charge in [0.2, 0.25) is 0 Å². The Hall–Kier alpha value is -1.20. The van der Waals surface area contributed by atoms with Gasteiger partial charge in [0.1, 0.15) is 5.82 Å². The summed E-state index contributed by atoms with van der Waals surface area (Å²) < 4.78 is 5.89. The van der Waals surface area contributed by atoms with E-state index in [1.54, 1.807) is 25.3 Å². The van der Waals surface area contributed by atoms with Crippen molar-refractivity contribution < 1.29 is 9.52 Å². The Balaban J connectivity index is 2.36. The van der Waals surface area contributed by atoms with E-state index in [2.05, 4.69) is 25.9 Å². The van der Waals surface area contributed by atoms with Crippen LogP contribution < -0.4 is 0 Å². The summed E-state index contributed by atoms with van der Waals surface area (Å²) in [6.07, 6.45) is 2.25. The summed E-state index contributed by atoms with van der Waals surface area (Å²) in [5.41, 5.74) is 0.526. The molecular formula is C10H9BrN2O2. The van der Waals surface area contributed by atoms with E-state index in [-0.39, 0.29) is 0 Å². The van der Waals surface area contributed by atoms with Crippen LogP contribution in [0.3, 0.4) is 0 Å². The fourth-order valence-electron chi connectivity index (χ4n) is 1.26. The molecule has 2 heterocycles. The van der Waals surface area contributed by atoms with E-state index in [0.29, 0.717) is 17.3 Å². The maximum absolute atomic E-state index is 9.97. The number of aliphatic hydroxyl groups excluding tert-OH is 1. The van der Waals surface area contributed by atoms with Gasteiger partial charge in [-0.25, -0.2) is 9.97 Å². The average Bonchev–Trinajstić information content (AvgIpc) is 2.63. The summed E-state index contributed by atoms with van der Waals surface area (Å²) in [6, 6.07) is 3.39. The van der Waals surface area contributed by atoms with Gasteiger partial charge < -0.3 is 9.52 Å². The van der Waals surface area contributed by atoms with Crippen molar-refractivity contribution >= 4 is 15.9 Å². The van der Waals surface area contributed by atoms with Crippen molar-refractivity contribution in [1.82, 2.24) is 9.97 Å². The minimum absolute atomic E-state index is 0.452. The molecule has 0 aliphatic carbocycles. The topological polar surface area (TPSA) is 59.2 Å². The molecule has 0 saturated heterocycles. The molecule has 1 unspecified atom stereocenters. The molecule has 2 aromatic heterocycles. The van der Waals surface area contributed by atoms with Gasteiger partial charge in [0.15, 0.2) is 11.9 Å². The van der Waals surface area contributed by atoms with Gasteiger partial charge in [0.05, 0.1) is 16.4 Å². The van der Waals surface area contributed by atoms with E-state index in [0.717, 1.165) is 4.47 Å². The maximum Gasteiger partial charge on any atom is 0.155 e. The number of aryl methyl sites for hydroxylation is 1. The van der Waals surface area contributed by atoms with E-state index in [1.165, 1.54) is 6.26 Å². The highest BCUT2D eigenvalue weighted by atomic mass is 79.9. The van der Waals surface area contributed by atoms with Gasteiger partial charge in [-0.2, -0.15) is 0 Å². The molecule has 1 N–H and O–H groups in total. The van der Waals surface area contributed by atoms with Crippen molar-refractivity contribution in [2.75, 3.05) is 0 Å². The van der Waals surface area contributed by atoms with Gasteiger partial charge in [-0.05, 0) is 35.0 Å². The first-order chi connectivity index (χ1) is 7.18. The Bertz CT molecular complexity index is 470. The van der Waals surface area contributed by atoms with Crippen molar-refractivity contribution in [1.29, 1.82) is 0 Å². The monoisotopic (exact) mass is 268 g/mol. The van der Waals surface area contributed by atoms with Crippen molar-refractivity contribution in [3.8, 4) is 0 Å². The van der Waals surface area contributed by atoms with E-state index in [9.17, 15) is 5.11 Å². The van der Waals surface area contributed by atoms with Gasteiger partial charge in [0, 0.05) is 6.20 Å². The van der Waals surface area contributed by atoms with Crippen LogP contribution in [0.25, 0.3) is 0 Å². The molecule has 2 aromatic rings. The number of aliphatic hydroxyl groups is 1. The molecule has 0 fully saturated rings. The first kappa shape index (κ1) is 10.3. The summed E-state index contributed by atoms with van der Waals surface area (Å²) in [7, 11) is 0. The first-order valence-electron chi connectivity index (χ1n) is 4.39. The minimum Gasteiger partial charge on any atom is -0.465 e. The first-order valence-corrected chi connectivity index (χ1v) is 5.18. The molecule has 0 aromatic carbocycles. The Kier molecular flexibility index (Phi) is 2.83. The summed E-state index contributed by atoms with van der Waals surface area (Å²) in [5, 5.41) is 9.97. The SMILES string of the molecule is Cc1nccc(C(O)c2occc2Br)n1. The third-order valence-corrected chi connectivity index (χ3v) is 2.63. The lowest BCUT2D eigenvalue weighted by atomic mass is 10.2. The molecule has 0 aliphatic rings. The lowest BCUT2D eigenvalue weighted by Gasteiger charge is -2.07. The third kappa shape index (κ3) is 2.08. The number of aromatic nitrogens is 2. The van der Waals surface area contributed by atoms with Gasteiger partial charge >= 0.3 is 0 Å². The van der Waals surface area contributed by atoms with Gasteiger partial charge in [-0.15, -0.1) is 0 Å². The van der Waals surface area contributed by atoms with Gasteiger partial charge in [-0.3, -0.25) is 0 Å². The quantitative estimate of drug-likeness (QED) is 0.908. The fraction of sp³-hybridized carbons (Fsp3) is 0.200. The zero-order valence-corrected chi connectivity index (χ0v) is 9.60. The second-order valence-corrected chi connectivity index (χ2v) is 3.92. The Morgan fingerprint density at radius 3 is 2.87 bits per heavy atom. The lowest BCUT2D eigenvalue weighted by molar-refractivity contribution is 0.183. The second kappa shape index (κ2) is 4.12. The van der Waals surface area contributed by atoms with Crippen molar-refractivity contribution in [3.63, 3.8) is 0 Å². The van der Waals surface area contributed by atoms with Crippen molar-refractivity contribution in [3.05, 3.63) is 46.3 Å². The highest BCUT2D eigenvalue weighted by Gasteiger charge is 2.18. The zero-order valence-electron chi connectivity index (χ0n) is 8.01. The number of nitrogens with zero attached hydrogens (tertiary/aromatic N) is 2. The molecule has 0 aliphatic heterocycles. The molecular weight excluding hydrogens is 260 g/mol. The fourth-order valence-corrected chi connectivity index (χ4v) is 1.68. The number of rotatable bonds is 2. The molecule has 15 heavy (non-hydrogen) atoms. The summed E-state index contributed by atoms with van der Waals surface area (Å²) in [4.78, 5) is 8.09. The molecule has 5 heteroatoms. The molecule has 0 spiro atoms. The van der Waals surface area contributed by atoms with E-state index >= 15 is 0 Å². The van der Waals surface area contributed by atoms with Crippen LogP contribution in [0.2, 0.25) is 0 Å². The Morgan fingerprint density at radius 1 is 1.47 bits per heavy atom. The largest absolute Gasteiger partial charge is 0.465 e. The number of hydrogen-bond donors (Lipinski definition) is 1. The van der Waals surface area contributed by atoms with Crippen LogP contribution in [0.5, 0.6) is 0 Å². The lowest BCUT2D eigenvalue weighted by Crippen LogP contribution is -2.03. The van der Waals surface area contributed by atoms with E-state index < -0.39 is 6.10 Å². The molecule has 0 bridgehead atoms. The van der Waals surface area contributed by atoms with Crippen molar-refractivity contribution in [2.24, 2.45) is 0 Å². The standard InChI is InChI=1S/C10H9BrN2O2/c1-6-12-4-2-8(13-6)9(14)10-7(11)3-5-15-10/h2-5,9,14H,1H3. The van der Waals surface area contributed by atoms with Crippen molar-refractivity contribution in [2.45, 2.75) is 13.0 Å². The molecule has 4 nitrogen and oxygen atoms in total. The number of furan rings is 1. The van der Waals surface area contributed by atoms with Crippen LogP contribution in [-0.4, -0.2) is 15.1 Å². The second-order valence-electron chi connectivity index (χ2n) is 3.06. The zero-order chi connectivity index (χ0) is 10.8. The molecule has 0 amide bonds. The minimum atomic E-state index is -0.865. The molecule has 2 rings (SSSR count). The van der Waals surface area contributed by atoms with Crippen LogP contribution >= 0.6 is 15.9 Å². The van der Waals surface area contributed by atoms with Crippen LogP contribution in [0, 0.1) is 6.92 Å². The number of hydrogen-bond acceptors (Lipinski definition) is 4. The van der Waals surface area contributed by atoms with Crippen LogP contribution in [0.4, 0.5) is 0 Å².